The van der Waals surface area contributed by atoms with Crippen LogP contribution in [0.4, 0.5) is 11.4 Å². The Kier molecular flexibility index (Phi) is 9.64. The Balaban J connectivity index is 0.00000182. The zero-order valence-corrected chi connectivity index (χ0v) is 17.3. The van der Waals surface area contributed by atoms with Crippen molar-refractivity contribution in [3.05, 3.63) is 60.2 Å². The number of rotatable bonds is 6. The van der Waals surface area contributed by atoms with Gasteiger partial charge in [-0.15, -0.1) is 24.8 Å². The number of carbonyl (C=O) groups is 1. The molecule has 4 nitrogen and oxygen atoms in total. The summed E-state index contributed by atoms with van der Waals surface area (Å²) < 4.78 is 0. The molecule has 148 valence electrons. The third kappa shape index (κ3) is 6.42. The quantitative estimate of drug-likeness (QED) is 0.731. The summed E-state index contributed by atoms with van der Waals surface area (Å²) in [6, 6.07) is 18.5. The number of para-hydroxylation sites is 2. The van der Waals surface area contributed by atoms with Crippen LogP contribution in [0.25, 0.3) is 0 Å². The smallest absolute Gasteiger partial charge is 0.224 e. The molecule has 0 aromatic heterocycles. The van der Waals surface area contributed by atoms with Gasteiger partial charge in [0.15, 0.2) is 0 Å². The van der Waals surface area contributed by atoms with Crippen LogP contribution in [0.15, 0.2) is 54.6 Å². The van der Waals surface area contributed by atoms with E-state index in [-0.39, 0.29) is 36.8 Å². The molecule has 2 aromatic rings. The second kappa shape index (κ2) is 11.2. The Labute approximate surface area is 174 Å². The van der Waals surface area contributed by atoms with Crippen molar-refractivity contribution in [2.75, 3.05) is 17.3 Å². The molecule has 2 atom stereocenters. The van der Waals surface area contributed by atoms with Gasteiger partial charge >= 0.3 is 0 Å². The van der Waals surface area contributed by atoms with E-state index in [0.29, 0.717) is 12.3 Å². The SMILES string of the molecule is CN(Cc1ccccc1)c1ccccc1NC(=O)C[C@@H]1CCC[C@H]1N.Cl.Cl. The fourth-order valence-corrected chi connectivity index (χ4v) is 3.61. The molecule has 0 bridgehead atoms. The van der Waals surface area contributed by atoms with Crippen molar-refractivity contribution in [2.45, 2.75) is 38.3 Å². The van der Waals surface area contributed by atoms with Crippen LogP contribution in [0.2, 0.25) is 0 Å². The summed E-state index contributed by atoms with van der Waals surface area (Å²) in [6.45, 7) is 0.793. The summed E-state index contributed by atoms with van der Waals surface area (Å²) in [6.07, 6.45) is 3.74. The number of amides is 1. The number of halogens is 2. The Morgan fingerprint density at radius 2 is 1.74 bits per heavy atom. The predicted molar refractivity (Wildman–Crippen MR) is 118 cm³/mol. The van der Waals surface area contributed by atoms with E-state index in [1.165, 1.54) is 5.56 Å². The van der Waals surface area contributed by atoms with Crippen LogP contribution in [-0.2, 0) is 11.3 Å². The number of nitrogens with one attached hydrogen (secondary N) is 1. The molecule has 6 heteroatoms. The van der Waals surface area contributed by atoms with Crippen molar-refractivity contribution in [1.82, 2.24) is 0 Å². The van der Waals surface area contributed by atoms with Crippen molar-refractivity contribution < 1.29 is 4.79 Å². The van der Waals surface area contributed by atoms with E-state index in [2.05, 4.69) is 22.3 Å². The number of nitrogens with two attached hydrogens (primary N) is 1. The van der Waals surface area contributed by atoms with Gasteiger partial charge in [0.25, 0.3) is 0 Å². The largest absolute Gasteiger partial charge is 0.369 e. The fraction of sp³-hybridized carbons (Fsp3) is 0.381. The van der Waals surface area contributed by atoms with Crippen molar-refractivity contribution >= 4 is 42.1 Å². The van der Waals surface area contributed by atoms with E-state index >= 15 is 0 Å². The third-order valence-corrected chi connectivity index (χ3v) is 5.02. The van der Waals surface area contributed by atoms with Gasteiger partial charge in [-0.05, 0) is 36.5 Å². The first-order valence-electron chi connectivity index (χ1n) is 9.03. The molecule has 1 aliphatic carbocycles. The zero-order valence-electron chi connectivity index (χ0n) is 15.6. The maximum absolute atomic E-state index is 12.5. The highest BCUT2D eigenvalue weighted by atomic mass is 35.5. The normalized spacial score (nSPS) is 18.1. The Morgan fingerprint density at radius 1 is 1.07 bits per heavy atom. The van der Waals surface area contributed by atoms with Crippen LogP contribution >= 0.6 is 24.8 Å². The van der Waals surface area contributed by atoms with Crippen LogP contribution in [-0.4, -0.2) is 19.0 Å². The number of nitrogens with zero attached hydrogens (tertiary/aromatic N) is 1. The van der Waals surface area contributed by atoms with Crippen LogP contribution < -0.4 is 16.0 Å². The van der Waals surface area contributed by atoms with E-state index in [4.69, 9.17) is 5.73 Å². The van der Waals surface area contributed by atoms with Gasteiger partial charge in [0, 0.05) is 26.1 Å². The van der Waals surface area contributed by atoms with Crippen molar-refractivity contribution in [3.8, 4) is 0 Å². The summed E-state index contributed by atoms with van der Waals surface area (Å²) in [7, 11) is 2.05. The zero-order chi connectivity index (χ0) is 17.6. The molecule has 0 aliphatic heterocycles. The minimum absolute atomic E-state index is 0. The molecule has 1 aliphatic rings. The van der Waals surface area contributed by atoms with Crippen molar-refractivity contribution in [3.63, 3.8) is 0 Å². The first-order chi connectivity index (χ1) is 12.1. The van der Waals surface area contributed by atoms with Gasteiger partial charge in [-0.25, -0.2) is 0 Å². The first kappa shape index (κ1) is 23.3. The number of hydrogen-bond donors (Lipinski definition) is 2. The number of anilines is 2. The van der Waals surface area contributed by atoms with Gasteiger partial charge in [0.05, 0.1) is 11.4 Å². The molecular formula is C21H29Cl2N3O. The summed E-state index contributed by atoms with van der Waals surface area (Å²) in [5, 5.41) is 3.09. The molecule has 0 saturated heterocycles. The maximum Gasteiger partial charge on any atom is 0.224 e. The van der Waals surface area contributed by atoms with E-state index in [9.17, 15) is 4.79 Å². The lowest BCUT2D eigenvalue weighted by molar-refractivity contribution is -0.117. The lowest BCUT2D eigenvalue weighted by atomic mass is 10.00. The fourth-order valence-electron chi connectivity index (χ4n) is 3.61. The van der Waals surface area contributed by atoms with Gasteiger partial charge in [-0.2, -0.15) is 0 Å². The van der Waals surface area contributed by atoms with E-state index in [1.807, 2.05) is 49.5 Å². The minimum atomic E-state index is 0. The van der Waals surface area contributed by atoms with Gasteiger partial charge in [0.1, 0.15) is 0 Å². The second-order valence-electron chi connectivity index (χ2n) is 6.97. The molecule has 0 radical (unpaired) electrons. The molecular weight excluding hydrogens is 381 g/mol. The molecule has 27 heavy (non-hydrogen) atoms. The first-order valence-corrected chi connectivity index (χ1v) is 9.03. The van der Waals surface area contributed by atoms with Crippen molar-refractivity contribution in [1.29, 1.82) is 0 Å². The average molecular weight is 410 g/mol. The molecule has 3 N–H and O–H groups in total. The van der Waals surface area contributed by atoms with Crippen LogP contribution in [0, 0.1) is 5.92 Å². The second-order valence-corrected chi connectivity index (χ2v) is 6.97. The van der Waals surface area contributed by atoms with Gasteiger partial charge in [-0.1, -0.05) is 48.9 Å². The van der Waals surface area contributed by atoms with E-state index in [1.54, 1.807) is 0 Å². The Bertz CT molecular complexity index is 712. The summed E-state index contributed by atoms with van der Waals surface area (Å²) in [4.78, 5) is 14.6. The average Bonchev–Trinajstić information content (AvgIpc) is 3.01. The van der Waals surface area contributed by atoms with Crippen molar-refractivity contribution in [2.24, 2.45) is 11.7 Å². The molecule has 0 unspecified atom stereocenters. The molecule has 0 spiro atoms. The summed E-state index contributed by atoms with van der Waals surface area (Å²) in [5.74, 6) is 0.372. The van der Waals surface area contributed by atoms with Gasteiger partial charge < -0.3 is 16.0 Å². The number of hydrogen-bond acceptors (Lipinski definition) is 3. The Morgan fingerprint density at radius 3 is 2.41 bits per heavy atom. The lowest BCUT2D eigenvalue weighted by Gasteiger charge is -2.23. The summed E-state index contributed by atoms with van der Waals surface area (Å²) >= 11 is 0. The number of benzene rings is 2. The highest BCUT2D eigenvalue weighted by Crippen LogP contribution is 2.29. The minimum Gasteiger partial charge on any atom is -0.369 e. The standard InChI is InChI=1S/C21H27N3O.2ClH/c1-24(15-16-8-3-2-4-9-16)20-13-6-5-12-19(20)23-21(25)14-17-10-7-11-18(17)22;;/h2-6,8-9,12-13,17-18H,7,10-11,14-15,22H2,1H3,(H,23,25);2*1H/t17-,18+;;/m0../s1. The van der Waals surface area contributed by atoms with Crippen LogP contribution in [0.1, 0.15) is 31.2 Å². The third-order valence-electron chi connectivity index (χ3n) is 5.02. The monoisotopic (exact) mass is 409 g/mol. The molecule has 1 fully saturated rings. The highest BCUT2D eigenvalue weighted by molar-refractivity contribution is 5.94. The highest BCUT2D eigenvalue weighted by Gasteiger charge is 2.26. The van der Waals surface area contributed by atoms with Crippen LogP contribution in [0.3, 0.4) is 0 Å². The van der Waals surface area contributed by atoms with E-state index in [0.717, 1.165) is 37.2 Å². The van der Waals surface area contributed by atoms with Crippen LogP contribution in [0.5, 0.6) is 0 Å². The number of carbonyl (C=O) groups excluding carboxylic acids is 1. The molecule has 0 heterocycles. The topological polar surface area (TPSA) is 58.4 Å². The summed E-state index contributed by atoms with van der Waals surface area (Å²) in [5.41, 5.74) is 9.22. The molecule has 1 amide bonds. The molecule has 2 aromatic carbocycles. The van der Waals surface area contributed by atoms with E-state index < -0.39 is 0 Å². The van der Waals surface area contributed by atoms with Gasteiger partial charge in [0.2, 0.25) is 5.91 Å². The predicted octanol–water partition coefficient (Wildman–Crippen LogP) is 4.62. The lowest BCUT2D eigenvalue weighted by Crippen LogP contribution is -2.28. The maximum atomic E-state index is 12.5. The molecule has 1 saturated carbocycles. The van der Waals surface area contributed by atoms with Gasteiger partial charge in [-0.3, -0.25) is 4.79 Å². The molecule has 3 rings (SSSR count). The Hall–Kier alpha value is -1.75.